The van der Waals surface area contributed by atoms with E-state index in [9.17, 15) is 0 Å². The minimum absolute atomic E-state index is 1.04. The average Bonchev–Trinajstić information content (AvgIpc) is 2.33. The van der Waals surface area contributed by atoms with E-state index in [1.165, 1.54) is 0 Å². The van der Waals surface area contributed by atoms with Gasteiger partial charge in [0.05, 0.1) is 5.69 Å². The summed E-state index contributed by atoms with van der Waals surface area (Å²) >= 11 is 0. The number of benzene rings is 1. The van der Waals surface area contributed by atoms with Crippen LogP contribution in [-0.4, -0.2) is 0 Å². The average molecular weight is 120 g/mol. The smallest absolute Gasteiger partial charge is 0.145 e. The van der Waals surface area contributed by atoms with Crippen LogP contribution in [0.15, 0.2) is 24.3 Å². The number of anilines is 1. The van der Waals surface area contributed by atoms with Crippen molar-refractivity contribution in [1.29, 1.82) is 0 Å². The van der Waals surface area contributed by atoms with Crippen LogP contribution in [-0.2, 0) is 4.84 Å². The van der Waals surface area contributed by atoms with Gasteiger partial charge in [0, 0.05) is 5.56 Å². The van der Waals surface area contributed by atoms with Crippen molar-refractivity contribution in [3.05, 3.63) is 36.4 Å². The van der Waals surface area contributed by atoms with Crippen molar-refractivity contribution in [2.45, 2.75) is 0 Å². The Balaban J connectivity index is 2.54. The van der Waals surface area contributed by atoms with Gasteiger partial charge in [-0.3, -0.25) is 10.3 Å². The summed E-state index contributed by atoms with van der Waals surface area (Å²) in [7, 11) is 0. The lowest BCUT2D eigenvalue weighted by molar-refractivity contribution is 0.306. The molecule has 0 fully saturated rings. The molecule has 1 heterocycles. The van der Waals surface area contributed by atoms with Crippen molar-refractivity contribution in [2.75, 3.05) is 5.48 Å². The van der Waals surface area contributed by atoms with Gasteiger partial charge in [-0.25, -0.2) is 0 Å². The van der Waals surface area contributed by atoms with Crippen LogP contribution in [0.5, 0.6) is 0 Å². The van der Waals surface area contributed by atoms with Gasteiger partial charge in [-0.1, -0.05) is 18.2 Å². The first-order valence-electron chi connectivity index (χ1n) is 2.81. The molecule has 0 saturated carbocycles. The van der Waals surface area contributed by atoms with Crippen molar-refractivity contribution in [3.8, 4) is 0 Å². The molecule has 0 aromatic heterocycles. The highest BCUT2D eigenvalue weighted by atomic mass is 16.6. The second-order valence-electron chi connectivity index (χ2n) is 1.93. The minimum atomic E-state index is 1.04. The summed E-state index contributed by atoms with van der Waals surface area (Å²) < 4.78 is 0. The van der Waals surface area contributed by atoms with Gasteiger partial charge < -0.3 is 0 Å². The van der Waals surface area contributed by atoms with Crippen molar-refractivity contribution < 1.29 is 4.84 Å². The SMILES string of the molecule is [CH]1ONc2ccccc21. The molecule has 2 nitrogen and oxygen atoms in total. The Hall–Kier alpha value is -1.02. The van der Waals surface area contributed by atoms with Crippen molar-refractivity contribution >= 4 is 5.69 Å². The summed E-state index contributed by atoms with van der Waals surface area (Å²) in [6.07, 6.45) is 0. The van der Waals surface area contributed by atoms with Crippen molar-refractivity contribution in [3.63, 3.8) is 0 Å². The van der Waals surface area contributed by atoms with Crippen LogP contribution in [0.2, 0.25) is 0 Å². The monoisotopic (exact) mass is 120 g/mol. The van der Waals surface area contributed by atoms with Gasteiger partial charge in [0.2, 0.25) is 0 Å². The number of nitrogens with one attached hydrogen (secondary N) is 1. The zero-order valence-electron chi connectivity index (χ0n) is 4.79. The lowest BCUT2D eigenvalue weighted by atomic mass is 10.2. The summed E-state index contributed by atoms with van der Waals surface area (Å²) in [6, 6.07) is 7.91. The summed E-state index contributed by atoms with van der Waals surface area (Å²) in [5.74, 6) is 0. The van der Waals surface area contributed by atoms with Crippen LogP contribution >= 0.6 is 0 Å². The third-order valence-electron chi connectivity index (χ3n) is 1.32. The number of para-hydroxylation sites is 1. The molecule has 0 bridgehead atoms. The molecular formula is C7H6NO. The zero-order valence-corrected chi connectivity index (χ0v) is 4.79. The zero-order chi connectivity index (χ0) is 6.10. The van der Waals surface area contributed by atoms with Gasteiger partial charge >= 0.3 is 0 Å². The molecule has 45 valence electrons. The maximum absolute atomic E-state index is 4.84. The lowest BCUT2D eigenvalue weighted by Crippen LogP contribution is -1.85. The minimum Gasteiger partial charge on any atom is -0.266 e. The van der Waals surface area contributed by atoms with Gasteiger partial charge in [0.25, 0.3) is 0 Å². The van der Waals surface area contributed by atoms with E-state index >= 15 is 0 Å². The third kappa shape index (κ3) is 0.678. The molecule has 0 unspecified atom stereocenters. The van der Waals surface area contributed by atoms with Crippen LogP contribution in [0.3, 0.4) is 0 Å². The van der Waals surface area contributed by atoms with Crippen LogP contribution in [0, 0.1) is 6.61 Å². The first-order valence-corrected chi connectivity index (χ1v) is 2.81. The second-order valence-corrected chi connectivity index (χ2v) is 1.93. The van der Waals surface area contributed by atoms with E-state index in [0.29, 0.717) is 0 Å². The Kier molecular flexibility index (Phi) is 0.932. The molecule has 1 radical (unpaired) electrons. The van der Waals surface area contributed by atoms with Gasteiger partial charge in [-0.15, -0.1) is 0 Å². The summed E-state index contributed by atoms with van der Waals surface area (Å²) in [6.45, 7) is 1.69. The molecule has 1 aromatic carbocycles. The first-order chi connectivity index (χ1) is 4.47. The van der Waals surface area contributed by atoms with E-state index in [2.05, 4.69) is 5.48 Å². The predicted molar refractivity (Wildman–Crippen MR) is 34.6 cm³/mol. The molecule has 0 spiro atoms. The molecule has 0 amide bonds. The first kappa shape index (κ1) is 4.82. The Morgan fingerprint density at radius 3 is 3.00 bits per heavy atom. The number of hydrogen-bond acceptors (Lipinski definition) is 2. The fraction of sp³-hybridized carbons (Fsp3) is 0. The number of hydrogen-bond donors (Lipinski definition) is 1. The largest absolute Gasteiger partial charge is 0.266 e. The normalized spacial score (nSPS) is 14.7. The van der Waals surface area contributed by atoms with Crippen LogP contribution in [0.1, 0.15) is 5.56 Å². The lowest BCUT2D eigenvalue weighted by Gasteiger charge is -1.91. The fourth-order valence-corrected chi connectivity index (χ4v) is 0.849. The van der Waals surface area contributed by atoms with E-state index in [1.807, 2.05) is 24.3 Å². The van der Waals surface area contributed by atoms with E-state index in [4.69, 9.17) is 4.84 Å². The Labute approximate surface area is 53.4 Å². The molecule has 1 N–H and O–H groups in total. The highest BCUT2D eigenvalue weighted by Gasteiger charge is 2.07. The maximum Gasteiger partial charge on any atom is 0.145 e. The molecule has 2 rings (SSSR count). The van der Waals surface area contributed by atoms with Crippen LogP contribution in [0.25, 0.3) is 0 Å². The van der Waals surface area contributed by atoms with E-state index in [1.54, 1.807) is 6.61 Å². The molecule has 1 aliphatic heterocycles. The Morgan fingerprint density at radius 2 is 2.11 bits per heavy atom. The molecule has 1 aromatic rings. The topological polar surface area (TPSA) is 21.3 Å². The van der Waals surface area contributed by atoms with E-state index in [0.717, 1.165) is 11.3 Å². The molecule has 2 heteroatoms. The quantitative estimate of drug-likeness (QED) is 0.561. The van der Waals surface area contributed by atoms with E-state index < -0.39 is 0 Å². The Morgan fingerprint density at radius 1 is 1.22 bits per heavy atom. The maximum atomic E-state index is 4.84. The van der Waals surface area contributed by atoms with Gasteiger partial charge in [-0.2, -0.15) is 0 Å². The standard InChI is InChI=1S/C7H6NO/c1-2-4-7-6(3-1)5-9-8-7/h1-5,8H. The van der Waals surface area contributed by atoms with Gasteiger partial charge in [0.15, 0.2) is 0 Å². The molecule has 0 aliphatic carbocycles. The fourth-order valence-electron chi connectivity index (χ4n) is 0.849. The second kappa shape index (κ2) is 1.74. The van der Waals surface area contributed by atoms with Gasteiger partial charge in [-0.05, 0) is 6.07 Å². The third-order valence-corrected chi connectivity index (χ3v) is 1.32. The summed E-state index contributed by atoms with van der Waals surface area (Å²) in [4.78, 5) is 4.84. The molecule has 0 atom stereocenters. The Bertz CT molecular complexity index is 199. The molecule has 9 heavy (non-hydrogen) atoms. The molecule has 1 aliphatic rings. The highest BCUT2D eigenvalue weighted by Crippen LogP contribution is 2.22. The van der Waals surface area contributed by atoms with Crippen molar-refractivity contribution in [2.24, 2.45) is 0 Å². The molecular weight excluding hydrogens is 114 g/mol. The number of rotatable bonds is 0. The highest BCUT2D eigenvalue weighted by molar-refractivity contribution is 5.54. The molecule has 0 saturated heterocycles. The van der Waals surface area contributed by atoms with Crippen molar-refractivity contribution in [1.82, 2.24) is 0 Å². The van der Waals surface area contributed by atoms with Crippen LogP contribution in [0.4, 0.5) is 5.69 Å². The summed E-state index contributed by atoms with van der Waals surface area (Å²) in [5, 5.41) is 0. The van der Waals surface area contributed by atoms with E-state index in [-0.39, 0.29) is 0 Å². The van der Waals surface area contributed by atoms with Crippen LogP contribution < -0.4 is 5.48 Å². The predicted octanol–water partition coefficient (Wildman–Crippen LogP) is 1.55. The summed E-state index contributed by atoms with van der Waals surface area (Å²) in [5.41, 5.74) is 4.89. The van der Waals surface area contributed by atoms with Gasteiger partial charge in [0.1, 0.15) is 6.61 Å². The number of fused-ring (bicyclic) bond motifs is 1.